The maximum atomic E-state index is 13.8. The highest BCUT2D eigenvalue weighted by Gasteiger charge is 2.14. The summed E-state index contributed by atoms with van der Waals surface area (Å²) in [6, 6.07) is 10.7. The molecule has 2 heterocycles. The van der Waals surface area contributed by atoms with E-state index in [-0.39, 0.29) is 17.2 Å². The third kappa shape index (κ3) is 3.54. The van der Waals surface area contributed by atoms with E-state index in [1.54, 1.807) is 24.3 Å². The predicted octanol–water partition coefficient (Wildman–Crippen LogP) is 5.13. The molecule has 0 aliphatic rings. The molecule has 9 heteroatoms. The third-order valence-electron chi connectivity index (χ3n) is 3.85. The van der Waals surface area contributed by atoms with Gasteiger partial charge >= 0.3 is 0 Å². The second-order valence-corrected chi connectivity index (χ2v) is 6.63. The number of nitrogens with zero attached hydrogens (tertiary/aromatic N) is 3. The Balaban J connectivity index is 1.81. The quantitative estimate of drug-likeness (QED) is 0.461. The Morgan fingerprint density at radius 2 is 1.71 bits per heavy atom. The molecule has 0 bridgehead atoms. The van der Waals surface area contributed by atoms with Crippen LogP contribution in [-0.4, -0.2) is 14.6 Å². The van der Waals surface area contributed by atoms with E-state index in [9.17, 15) is 13.6 Å². The van der Waals surface area contributed by atoms with Gasteiger partial charge in [0.05, 0.1) is 11.1 Å². The average Bonchev–Trinajstić information content (AvgIpc) is 2.63. The van der Waals surface area contributed by atoms with E-state index in [1.807, 2.05) is 0 Å². The van der Waals surface area contributed by atoms with Gasteiger partial charge in [0, 0.05) is 22.2 Å². The van der Waals surface area contributed by atoms with Gasteiger partial charge in [-0.3, -0.25) is 4.79 Å². The predicted molar refractivity (Wildman–Crippen MR) is 101 cm³/mol. The molecule has 0 saturated heterocycles. The Labute approximate surface area is 166 Å². The monoisotopic (exact) mass is 419 g/mol. The molecule has 0 unspecified atom stereocenters. The Hall–Kier alpha value is -3.03. The molecule has 0 N–H and O–H groups in total. The molecule has 0 spiro atoms. The molecule has 2 aromatic carbocycles. The van der Waals surface area contributed by atoms with E-state index in [4.69, 9.17) is 27.9 Å². The second-order valence-electron chi connectivity index (χ2n) is 5.76. The van der Waals surface area contributed by atoms with Crippen LogP contribution in [0.1, 0.15) is 0 Å². The number of halogens is 4. The summed E-state index contributed by atoms with van der Waals surface area (Å²) in [5.74, 6) is -1.75. The molecule has 0 atom stereocenters. The number of aromatic nitrogens is 3. The summed E-state index contributed by atoms with van der Waals surface area (Å²) in [6.45, 7) is 0. The van der Waals surface area contributed by atoms with Gasteiger partial charge in [-0.1, -0.05) is 23.2 Å². The van der Waals surface area contributed by atoms with Gasteiger partial charge in [-0.15, -0.1) is 5.10 Å². The average molecular weight is 420 g/mol. The standard InChI is InChI=1S/C19H9Cl2F2N3O2/c20-11-5-10(6-12(21)7-11)18-15-2-4-17(25-26(15)9-24-19(18)27)28-16-3-1-13(22)8-14(16)23/h1-9H. The van der Waals surface area contributed by atoms with Crippen molar-refractivity contribution in [1.82, 2.24) is 14.6 Å². The van der Waals surface area contributed by atoms with Gasteiger partial charge in [-0.25, -0.2) is 13.3 Å². The number of hydrogen-bond donors (Lipinski definition) is 0. The lowest BCUT2D eigenvalue weighted by molar-refractivity contribution is 0.416. The number of hydrogen-bond acceptors (Lipinski definition) is 4. The topological polar surface area (TPSA) is 56.5 Å². The third-order valence-corrected chi connectivity index (χ3v) is 4.29. The second kappa shape index (κ2) is 7.18. The molecule has 2 aromatic heterocycles. The van der Waals surface area contributed by atoms with Gasteiger partial charge in [-0.2, -0.15) is 4.98 Å². The summed E-state index contributed by atoms with van der Waals surface area (Å²) >= 11 is 12.1. The van der Waals surface area contributed by atoms with Gasteiger partial charge in [0.25, 0.3) is 5.56 Å². The van der Waals surface area contributed by atoms with Crippen molar-refractivity contribution < 1.29 is 13.5 Å². The first-order valence-corrected chi connectivity index (χ1v) is 8.64. The highest BCUT2D eigenvalue weighted by atomic mass is 35.5. The Morgan fingerprint density at radius 1 is 0.964 bits per heavy atom. The van der Waals surface area contributed by atoms with Gasteiger partial charge in [0.2, 0.25) is 5.88 Å². The fraction of sp³-hybridized carbons (Fsp3) is 0. The fourth-order valence-corrected chi connectivity index (χ4v) is 3.21. The lowest BCUT2D eigenvalue weighted by Crippen LogP contribution is -2.13. The highest BCUT2D eigenvalue weighted by Crippen LogP contribution is 2.29. The number of benzene rings is 2. The molecule has 4 aromatic rings. The van der Waals surface area contributed by atoms with Crippen molar-refractivity contribution in [1.29, 1.82) is 0 Å². The van der Waals surface area contributed by atoms with Crippen molar-refractivity contribution in [2.24, 2.45) is 0 Å². The lowest BCUT2D eigenvalue weighted by atomic mass is 10.1. The first-order valence-electron chi connectivity index (χ1n) is 7.89. The highest BCUT2D eigenvalue weighted by molar-refractivity contribution is 6.35. The molecule has 0 aliphatic heterocycles. The molecule has 0 aliphatic carbocycles. The summed E-state index contributed by atoms with van der Waals surface area (Å²) in [5.41, 5.74) is 0.663. The van der Waals surface area contributed by atoms with Crippen LogP contribution >= 0.6 is 23.2 Å². The van der Waals surface area contributed by atoms with E-state index in [0.717, 1.165) is 12.1 Å². The van der Waals surface area contributed by atoms with Crippen molar-refractivity contribution in [2.45, 2.75) is 0 Å². The molecular formula is C19H9Cl2F2N3O2. The molecule has 0 radical (unpaired) electrons. The molecule has 0 amide bonds. The number of rotatable bonds is 3. The van der Waals surface area contributed by atoms with Crippen molar-refractivity contribution in [3.05, 3.63) is 86.9 Å². The van der Waals surface area contributed by atoms with Gasteiger partial charge in [0.15, 0.2) is 11.6 Å². The minimum Gasteiger partial charge on any atom is -0.434 e. The maximum absolute atomic E-state index is 13.8. The Morgan fingerprint density at radius 3 is 2.43 bits per heavy atom. The van der Waals surface area contributed by atoms with E-state index in [0.29, 0.717) is 27.2 Å². The first kappa shape index (κ1) is 18.3. The molecule has 0 fully saturated rings. The van der Waals surface area contributed by atoms with Crippen LogP contribution in [0.5, 0.6) is 11.6 Å². The smallest absolute Gasteiger partial charge is 0.281 e. The molecular weight excluding hydrogens is 411 g/mol. The maximum Gasteiger partial charge on any atom is 0.281 e. The van der Waals surface area contributed by atoms with Gasteiger partial charge in [0.1, 0.15) is 12.1 Å². The van der Waals surface area contributed by atoms with E-state index in [1.165, 1.54) is 16.9 Å². The largest absolute Gasteiger partial charge is 0.434 e. The van der Waals surface area contributed by atoms with E-state index >= 15 is 0 Å². The summed E-state index contributed by atoms with van der Waals surface area (Å²) in [4.78, 5) is 16.2. The summed E-state index contributed by atoms with van der Waals surface area (Å²) < 4.78 is 33.5. The zero-order valence-electron chi connectivity index (χ0n) is 13.9. The van der Waals surface area contributed by atoms with Crippen molar-refractivity contribution in [2.75, 3.05) is 0 Å². The van der Waals surface area contributed by atoms with Crippen LogP contribution < -0.4 is 10.3 Å². The van der Waals surface area contributed by atoms with Crippen LogP contribution in [0.4, 0.5) is 8.78 Å². The molecule has 140 valence electrons. The SMILES string of the molecule is O=c1ncn2nc(Oc3ccc(F)cc3F)ccc2c1-c1cc(Cl)cc(Cl)c1. The van der Waals surface area contributed by atoms with E-state index < -0.39 is 17.2 Å². The van der Waals surface area contributed by atoms with Crippen LogP contribution in [0.25, 0.3) is 16.6 Å². The van der Waals surface area contributed by atoms with Gasteiger partial charge < -0.3 is 4.74 Å². The summed E-state index contributed by atoms with van der Waals surface area (Å²) in [6.07, 6.45) is 1.21. The van der Waals surface area contributed by atoms with Crippen molar-refractivity contribution in [3.8, 4) is 22.8 Å². The van der Waals surface area contributed by atoms with E-state index in [2.05, 4.69) is 10.1 Å². The minimum absolute atomic E-state index is 0.0264. The minimum atomic E-state index is -0.866. The Kier molecular flexibility index (Phi) is 4.70. The summed E-state index contributed by atoms with van der Waals surface area (Å²) in [5, 5.41) is 4.90. The number of ether oxygens (including phenoxy) is 1. The van der Waals surface area contributed by atoms with Gasteiger partial charge in [-0.05, 0) is 42.0 Å². The number of fused-ring (bicyclic) bond motifs is 1. The fourth-order valence-electron chi connectivity index (χ4n) is 2.68. The lowest BCUT2D eigenvalue weighted by Gasteiger charge is -2.10. The first-order chi connectivity index (χ1) is 13.4. The summed E-state index contributed by atoms with van der Waals surface area (Å²) in [7, 11) is 0. The van der Waals surface area contributed by atoms with Crippen LogP contribution in [0, 0.1) is 11.6 Å². The van der Waals surface area contributed by atoms with Crippen LogP contribution in [-0.2, 0) is 0 Å². The normalized spacial score (nSPS) is 11.0. The van der Waals surface area contributed by atoms with Crippen molar-refractivity contribution in [3.63, 3.8) is 0 Å². The molecule has 5 nitrogen and oxygen atoms in total. The van der Waals surface area contributed by atoms with Crippen molar-refractivity contribution >= 4 is 28.7 Å². The zero-order valence-corrected chi connectivity index (χ0v) is 15.4. The molecule has 4 rings (SSSR count). The van der Waals surface area contributed by atoms with Crippen LogP contribution in [0.15, 0.2) is 59.7 Å². The molecule has 28 heavy (non-hydrogen) atoms. The zero-order chi connectivity index (χ0) is 19.8. The Bertz CT molecular complexity index is 1260. The van der Waals surface area contributed by atoms with Crippen LogP contribution in [0.3, 0.4) is 0 Å². The molecule has 0 saturated carbocycles. The van der Waals surface area contributed by atoms with Crippen LogP contribution in [0.2, 0.25) is 10.0 Å².